The Labute approximate surface area is 150 Å². The first kappa shape index (κ1) is 17.3. The van der Waals surface area contributed by atoms with Crippen molar-refractivity contribution in [2.45, 2.75) is 13.5 Å². The fourth-order valence-corrected chi connectivity index (χ4v) is 2.26. The van der Waals surface area contributed by atoms with Crippen LogP contribution in [0.1, 0.15) is 18.3 Å². The van der Waals surface area contributed by atoms with Crippen molar-refractivity contribution >= 4 is 12.0 Å². The molecule has 0 fully saturated rings. The predicted octanol–water partition coefficient (Wildman–Crippen LogP) is 2.82. The van der Waals surface area contributed by atoms with Crippen LogP contribution in [-0.4, -0.2) is 32.8 Å². The Morgan fingerprint density at radius 2 is 1.88 bits per heavy atom. The van der Waals surface area contributed by atoms with Gasteiger partial charge >= 0.3 is 5.97 Å². The molecule has 2 aromatic carbocycles. The van der Waals surface area contributed by atoms with Gasteiger partial charge in [0.1, 0.15) is 5.75 Å². The third-order valence-electron chi connectivity index (χ3n) is 3.48. The average Bonchev–Trinajstić information content (AvgIpc) is 3.15. The molecule has 1 heterocycles. The normalized spacial score (nSPS) is 10.8. The van der Waals surface area contributed by atoms with Crippen molar-refractivity contribution in [1.29, 1.82) is 0 Å². The molecule has 0 spiro atoms. The molecule has 1 aromatic heterocycles. The molecule has 0 atom stereocenters. The van der Waals surface area contributed by atoms with Crippen LogP contribution in [0, 0.1) is 0 Å². The van der Waals surface area contributed by atoms with Crippen molar-refractivity contribution in [1.82, 2.24) is 20.2 Å². The highest BCUT2D eigenvalue weighted by Gasteiger charge is 2.09. The molecule has 0 aliphatic carbocycles. The summed E-state index contributed by atoms with van der Waals surface area (Å²) in [5.74, 6) is 0.764. The SMILES string of the molecule is CCOc1ccc(/C=C/C(=O)OCc2nnnn2-c2ccccc2)cc1. The first-order valence-electron chi connectivity index (χ1n) is 8.16. The Kier molecular flexibility index (Phi) is 5.72. The molecule has 7 heteroatoms. The van der Waals surface area contributed by atoms with Gasteiger partial charge in [0.2, 0.25) is 0 Å². The highest BCUT2D eigenvalue weighted by atomic mass is 16.5. The fraction of sp³-hybridized carbons (Fsp3) is 0.158. The summed E-state index contributed by atoms with van der Waals surface area (Å²) >= 11 is 0. The molecule has 0 saturated heterocycles. The quantitative estimate of drug-likeness (QED) is 0.481. The molecule has 0 amide bonds. The van der Waals surface area contributed by atoms with E-state index in [4.69, 9.17) is 9.47 Å². The Hall–Kier alpha value is -3.48. The van der Waals surface area contributed by atoms with Gasteiger partial charge in [-0.3, -0.25) is 0 Å². The number of ether oxygens (including phenoxy) is 2. The van der Waals surface area contributed by atoms with Crippen LogP contribution < -0.4 is 4.74 Å². The summed E-state index contributed by atoms with van der Waals surface area (Å²) in [6.07, 6.45) is 3.05. The first-order chi connectivity index (χ1) is 12.8. The van der Waals surface area contributed by atoms with Gasteiger partial charge in [-0.05, 0) is 53.3 Å². The lowest BCUT2D eigenvalue weighted by Gasteiger charge is -2.04. The van der Waals surface area contributed by atoms with Crippen molar-refractivity contribution in [3.63, 3.8) is 0 Å². The average molecular weight is 350 g/mol. The summed E-state index contributed by atoms with van der Waals surface area (Å²) in [7, 11) is 0. The van der Waals surface area contributed by atoms with Gasteiger partial charge in [-0.15, -0.1) is 5.10 Å². The maximum Gasteiger partial charge on any atom is 0.331 e. The molecule has 3 aromatic rings. The van der Waals surface area contributed by atoms with E-state index in [1.54, 1.807) is 6.08 Å². The zero-order valence-electron chi connectivity index (χ0n) is 14.3. The van der Waals surface area contributed by atoms with Crippen LogP contribution in [-0.2, 0) is 16.1 Å². The minimum atomic E-state index is -0.471. The van der Waals surface area contributed by atoms with Gasteiger partial charge in [0.25, 0.3) is 0 Å². The summed E-state index contributed by atoms with van der Waals surface area (Å²) in [6.45, 7) is 2.52. The highest BCUT2D eigenvalue weighted by Crippen LogP contribution is 2.13. The van der Waals surface area contributed by atoms with Crippen LogP contribution in [0.2, 0.25) is 0 Å². The molecule has 0 unspecified atom stereocenters. The number of carbonyl (C=O) groups is 1. The van der Waals surface area contributed by atoms with Crippen LogP contribution in [0.15, 0.2) is 60.7 Å². The monoisotopic (exact) mass is 350 g/mol. The third-order valence-corrected chi connectivity index (χ3v) is 3.48. The van der Waals surface area contributed by atoms with Crippen LogP contribution in [0.3, 0.4) is 0 Å². The summed E-state index contributed by atoms with van der Waals surface area (Å²) in [5, 5.41) is 11.4. The molecule has 0 N–H and O–H groups in total. The Morgan fingerprint density at radius 3 is 2.62 bits per heavy atom. The second-order valence-electron chi connectivity index (χ2n) is 5.29. The van der Waals surface area contributed by atoms with Gasteiger partial charge in [-0.1, -0.05) is 30.3 Å². The van der Waals surface area contributed by atoms with E-state index in [1.165, 1.54) is 10.8 Å². The van der Waals surface area contributed by atoms with Gasteiger partial charge in [0.05, 0.1) is 12.3 Å². The van der Waals surface area contributed by atoms with E-state index in [0.29, 0.717) is 12.4 Å². The topological polar surface area (TPSA) is 79.1 Å². The molecular weight excluding hydrogens is 332 g/mol. The smallest absolute Gasteiger partial charge is 0.331 e. The zero-order valence-corrected chi connectivity index (χ0v) is 14.3. The standard InChI is InChI=1S/C19H18N4O3/c1-2-25-17-11-8-15(9-12-17)10-13-19(24)26-14-18-20-21-22-23(18)16-6-4-3-5-7-16/h3-13H,2,14H2,1H3/b13-10+. The molecule has 0 saturated carbocycles. The first-order valence-corrected chi connectivity index (χ1v) is 8.16. The van der Waals surface area contributed by atoms with Crippen LogP contribution in [0.4, 0.5) is 0 Å². The van der Waals surface area contributed by atoms with Crippen LogP contribution >= 0.6 is 0 Å². The van der Waals surface area contributed by atoms with Gasteiger partial charge in [0, 0.05) is 6.08 Å². The molecule has 0 radical (unpaired) electrons. The van der Waals surface area contributed by atoms with Gasteiger partial charge in [-0.2, -0.15) is 4.68 Å². The minimum absolute atomic E-state index is 0.0195. The molecule has 7 nitrogen and oxygen atoms in total. The van der Waals surface area contributed by atoms with Crippen LogP contribution in [0.25, 0.3) is 11.8 Å². The lowest BCUT2D eigenvalue weighted by atomic mass is 10.2. The van der Waals surface area contributed by atoms with E-state index >= 15 is 0 Å². The number of tetrazole rings is 1. The lowest BCUT2D eigenvalue weighted by molar-refractivity contribution is -0.139. The van der Waals surface area contributed by atoms with E-state index in [1.807, 2.05) is 61.5 Å². The van der Waals surface area contributed by atoms with Crippen LogP contribution in [0.5, 0.6) is 5.75 Å². The largest absolute Gasteiger partial charge is 0.494 e. The number of carbonyl (C=O) groups excluding carboxylic acids is 1. The summed E-state index contributed by atoms with van der Waals surface area (Å²) in [5.41, 5.74) is 1.67. The molecule has 132 valence electrons. The van der Waals surface area contributed by atoms with E-state index < -0.39 is 5.97 Å². The number of rotatable bonds is 7. The van der Waals surface area contributed by atoms with Gasteiger partial charge < -0.3 is 9.47 Å². The van der Waals surface area contributed by atoms with Gasteiger partial charge in [-0.25, -0.2) is 4.79 Å². The number of hydrogen-bond acceptors (Lipinski definition) is 6. The molecular formula is C19H18N4O3. The maximum atomic E-state index is 11.9. The zero-order chi connectivity index (χ0) is 18.2. The van der Waals surface area contributed by atoms with Crippen molar-refractivity contribution in [2.75, 3.05) is 6.61 Å². The minimum Gasteiger partial charge on any atom is -0.494 e. The number of aromatic nitrogens is 4. The second kappa shape index (κ2) is 8.57. The Balaban J connectivity index is 1.57. The summed E-state index contributed by atoms with van der Waals surface area (Å²) in [4.78, 5) is 11.9. The number of para-hydroxylation sites is 1. The Morgan fingerprint density at radius 1 is 1.12 bits per heavy atom. The van der Waals surface area contributed by atoms with Crippen molar-refractivity contribution < 1.29 is 14.3 Å². The third kappa shape index (κ3) is 4.54. The molecule has 0 aliphatic heterocycles. The van der Waals surface area contributed by atoms with E-state index in [2.05, 4.69) is 15.5 Å². The fourth-order valence-electron chi connectivity index (χ4n) is 2.26. The number of nitrogens with zero attached hydrogens (tertiary/aromatic N) is 4. The van der Waals surface area contributed by atoms with E-state index in [9.17, 15) is 4.79 Å². The number of esters is 1. The van der Waals surface area contributed by atoms with Gasteiger partial charge in [0.15, 0.2) is 12.4 Å². The van der Waals surface area contributed by atoms with Crippen molar-refractivity contribution in [3.8, 4) is 11.4 Å². The van der Waals surface area contributed by atoms with E-state index in [-0.39, 0.29) is 6.61 Å². The van der Waals surface area contributed by atoms with Crippen molar-refractivity contribution in [3.05, 3.63) is 72.1 Å². The molecule has 3 rings (SSSR count). The molecule has 26 heavy (non-hydrogen) atoms. The second-order valence-corrected chi connectivity index (χ2v) is 5.29. The van der Waals surface area contributed by atoms with Crippen molar-refractivity contribution in [2.24, 2.45) is 0 Å². The molecule has 0 aliphatic rings. The highest BCUT2D eigenvalue weighted by molar-refractivity contribution is 5.87. The lowest BCUT2D eigenvalue weighted by Crippen LogP contribution is -2.08. The summed E-state index contributed by atoms with van der Waals surface area (Å²) < 4.78 is 12.1. The number of hydrogen-bond donors (Lipinski definition) is 0. The van der Waals surface area contributed by atoms with E-state index in [0.717, 1.165) is 17.0 Å². The molecule has 0 bridgehead atoms. The Bertz CT molecular complexity index is 873. The predicted molar refractivity (Wildman–Crippen MR) is 95.6 cm³/mol. The summed E-state index contributed by atoms with van der Waals surface area (Å²) in [6, 6.07) is 16.8. The maximum absolute atomic E-state index is 11.9. The number of benzene rings is 2.